The number of nitrogens with one attached hydrogen (secondary N) is 1. The van der Waals surface area contributed by atoms with Gasteiger partial charge in [0.1, 0.15) is 5.54 Å². The fraction of sp³-hybridized carbons (Fsp3) is 0.818. The monoisotopic (exact) mass is 228 g/mol. The summed E-state index contributed by atoms with van der Waals surface area (Å²) < 4.78 is 4.62. The molecule has 5 heteroatoms. The number of hydrogen-bond acceptors (Lipinski definition) is 4. The second kappa shape index (κ2) is 4.82. The Labute approximate surface area is 95.7 Å². The Bertz CT molecular complexity index is 289. The average molecular weight is 228 g/mol. The number of nitrogens with two attached hydrogens (primary N) is 1. The summed E-state index contributed by atoms with van der Waals surface area (Å²) in [7, 11) is 1.31. The maximum Gasteiger partial charge on any atom is 0.330 e. The first-order valence-electron chi connectivity index (χ1n) is 5.53. The van der Waals surface area contributed by atoms with Crippen LogP contribution in [0.25, 0.3) is 0 Å². The molecule has 1 rings (SSSR count). The van der Waals surface area contributed by atoms with Crippen molar-refractivity contribution in [2.45, 2.75) is 44.7 Å². The maximum atomic E-state index is 11.9. The van der Waals surface area contributed by atoms with Gasteiger partial charge in [-0.15, -0.1) is 0 Å². The van der Waals surface area contributed by atoms with Gasteiger partial charge in [0.2, 0.25) is 5.91 Å². The van der Waals surface area contributed by atoms with Crippen molar-refractivity contribution in [2.24, 2.45) is 11.7 Å². The van der Waals surface area contributed by atoms with E-state index >= 15 is 0 Å². The summed E-state index contributed by atoms with van der Waals surface area (Å²) in [6, 6.07) is 0.108. The predicted molar refractivity (Wildman–Crippen MR) is 59.6 cm³/mol. The van der Waals surface area contributed by atoms with Gasteiger partial charge in [0.25, 0.3) is 0 Å². The molecule has 5 nitrogen and oxygen atoms in total. The van der Waals surface area contributed by atoms with Crippen LogP contribution in [0.5, 0.6) is 0 Å². The van der Waals surface area contributed by atoms with Crippen molar-refractivity contribution in [2.75, 3.05) is 7.11 Å². The average Bonchev–Trinajstić information content (AvgIpc) is 2.63. The number of ether oxygens (including phenoxy) is 1. The van der Waals surface area contributed by atoms with Crippen molar-refractivity contribution in [3.05, 3.63) is 0 Å². The summed E-state index contributed by atoms with van der Waals surface area (Å²) in [5.74, 6) is -0.620. The van der Waals surface area contributed by atoms with Crippen molar-refractivity contribution in [3.8, 4) is 0 Å². The van der Waals surface area contributed by atoms with E-state index in [0.717, 1.165) is 12.8 Å². The van der Waals surface area contributed by atoms with Gasteiger partial charge in [-0.1, -0.05) is 0 Å². The van der Waals surface area contributed by atoms with E-state index < -0.39 is 11.5 Å². The Morgan fingerprint density at radius 1 is 1.38 bits per heavy atom. The lowest BCUT2D eigenvalue weighted by Crippen LogP contribution is -2.52. The number of methoxy groups -OCH3 is 1. The Kier molecular flexibility index (Phi) is 3.91. The highest BCUT2D eigenvalue weighted by Crippen LogP contribution is 2.24. The zero-order valence-electron chi connectivity index (χ0n) is 10.1. The molecule has 1 saturated carbocycles. The third kappa shape index (κ3) is 2.95. The SMILES string of the molecule is COC(=O)C(C)(C)NC(=O)C1CCC(N)C1. The number of hydrogen-bond donors (Lipinski definition) is 2. The summed E-state index contributed by atoms with van der Waals surface area (Å²) in [6.45, 7) is 3.26. The molecular formula is C11H20N2O3. The highest BCUT2D eigenvalue weighted by Gasteiger charge is 2.35. The highest BCUT2D eigenvalue weighted by atomic mass is 16.5. The van der Waals surface area contributed by atoms with Gasteiger partial charge in [-0.2, -0.15) is 0 Å². The Balaban J connectivity index is 2.54. The van der Waals surface area contributed by atoms with E-state index in [-0.39, 0.29) is 17.9 Å². The minimum absolute atomic E-state index is 0.0704. The third-order valence-electron chi connectivity index (χ3n) is 2.98. The van der Waals surface area contributed by atoms with E-state index in [1.807, 2.05) is 0 Å². The van der Waals surface area contributed by atoms with Gasteiger partial charge in [0.05, 0.1) is 7.11 Å². The van der Waals surface area contributed by atoms with Gasteiger partial charge in [-0.3, -0.25) is 4.79 Å². The molecule has 1 aliphatic carbocycles. The first kappa shape index (κ1) is 13.0. The van der Waals surface area contributed by atoms with Gasteiger partial charge in [-0.05, 0) is 33.1 Å². The highest BCUT2D eigenvalue weighted by molar-refractivity contribution is 5.88. The molecule has 0 saturated heterocycles. The molecule has 1 amide bonds. The summed E-state index contributed by atoms with van der Waals surface area (Å²) in [5, 5.41) is 2.70. The first-order valence-corrected chi connectivity index (χ1v) is 5.53. The molecule has 0 heterocycles. The molecule has 0 aromatic rings. The van der Waals surface area contributed by atoms with E-state index in [0.29, 0.717) is 6.42 Å². The smallest absolute Gasteiger partial charge is 0.330 e. The molecule has 0 bridgehead atoms. The lowest BCUT2D eigenvalue weighted by Gasteiger charge is -2.24. The van der Waals surface area contributed by atoms with E-state index in [1.165, 1.54) is 7.11 Å². The lowest BCUT2D eigenvalue weighted by atomic mass is 10.0. The van der Waals surface area contributed by atoms with Crippen molar-refractivity contribution >= 4 is 11.9 Å². The molecule has 0 radical (unpaired) electrons. The number of carbonyl (C=O) groups is 2. The number of amides is 1. The van der Waals surface area contributed by atoms with Gasteiger partial charge < -0.3 is 15.8 Å². The maximum absolute atomic E-state index is 11.9. The van der Waals surface area contributed by atoms with E-state index in [9.17, 15) is 9.59 Å². The quantitative estimate of drug-likeness (QED) is 0.675. The Morgan fingerprint density at radius 3 is 2.44 bits per heavy atom. The first-order chi connectivity index (χ1) is 7.36. The van der Waals surface area contributed by atoms with Crippen LogP contribution in [0.3, 0.4) is 0 Å². The standard InChI is InChI=1S/C11H20N2O3/c1-11(2,10(15)16-3)13-9(14)7-4-5-8(12)6-7/h7-8H,4-6,12H2,1-3H3,(H,13,14). The molecule has 0 aromatic heterocycles. The molecule has 1 aliphatic rings. The van der Waals surface area contributed by atoms with E-state index in [4.69, 9.17) is 5.73 Å². The number of carbonyl (C=O) groups excluding carboxylic acids is 2. The molecule has 92 valence electrons. The summed E-state index contributed by atoms with van der Waals surface area (Å²) in [6.07, 6.45) is 2.37. The van der Waals surface area contributed by atoms with Crippen LogP contribution in [0.1, 0.15) is 33.1 Å². The van der Waals surface area contributed by atoms with Crippen molar-refractivity contribution in [1.29, 1.82) is 0 Å². The molecule has 16 heavy (non-hydrogen) atoms. The van der Waals surface area contributed by atoms with Gasteiger partial charge in [0.15, 0.2) is 0 Å². The van der Waals surface area contributed by atoms with E-state index in [1.54, 1.807) is 13.8 Å². The second-order valence-electron chi connectivity index (χ2n) is 4.88. The van der Waals surface area contributed by atoms with Crippen LogP contribution in [0.15, 0.2) is 0 Å². The van der Waals surface area contributed by atoms with Gasteiger partial charge in [0, 0.05) is 12.0 Å². The molecule has 3 N–H and O–H groups in total. The lowest BCUT2D eigenvalue weighted by molar-refractivity contribution is -0.149. The molecule has 0 aromatic carbocycles. The van der Waals surface area contributed by atoms with Crippen LogP contribution >= 0.6 is 0 Å². The second-order valence-corrected chi connectivity index (χ2v) is 4.88. The topological polar surface area (TPSA) is 81.4 Å². The predicted octanol–water partition coefficient (Wildman–Crippen LogP) is 0.182. The molecule has 1 fully saturated rings. The molecule has 0 spiro atoms. The fourth-order valence-electron chi connectivity index (χ4n) is 1.97. The van der Waals surface area contributed by atoms with Crippen LogP contribution < -0.4 is 11.1 Å². The van der Waals surface area contributed by atoms with Crippen molar-refractivity contribution in [3.63, 3.8) is 0 Å². The van der Waals surface area contributed by atoms with Crippen LogP contribution in [0.2, 0.25) is 0 Å². The summed E-state index contributed by atoms with van der Waals surface area (Å²) in [5.41, 5.74) is 4.77. The molecule has 2 atom stereocenters. The zero-order chi connectivity index (χ0) is 12.3. The normalized spacial score (nSPS) is 25.2. The zero-order valence-corrected chi connectivity index (χ0v) is 10.1. The Hall–Kier alpha value is -1.10. The van der Waals surface area contributed by atoms with Crippen LogP contribution in [-0.4, -0.2) is 30.6 Å². The van der Waals surface area contributed by atoms with Crippen molar-refractivity contribution in [1.82, 2.24) is 5.32 Å². The largest absolute Gasteiger partial charge is 0.467 e. The van der Waals surface area contributed by atoms with Crippen LogP contribution in [0, 0.1) is 5.92 Å². The van der Waals surface area contributed by atoms with Crippen molar-refractivity contribution < 1.29 is 14.3 Å². The van der Waals surface area contributed by atoms with Crippen LogP contribution in [0.4, 0.5) is 0 Å². The van der Waals surface area contributed by atoms with E-state index in [2.05, 4.69) is 10.1 Å². The number of rotatable bonds is 3. The van der Waals surface area contributed by atoms with Gasteiger partial charge in [-0.25, -0.2) is 4.79 Å². The fourth-order valence-corrected chi connectivity index (χ4v) is 1.97. The summed E-state index contributed by atoms with van der Waals surface area (Å²) >= 11 is 0. The van der Waals surface area contributed by atoms with Gasteiger partial charge >= 0.3 is 5.97 Å². The minimum Gasteiger partial charge on any atom is -0.467 e. The molecular weight excluding hydrogens is 208 g/mol. The molecule has 0 aliphatic heterocycles. The summed E-state index contributed by atoms with van der Waals surface area (Å²) in [4.78, 5) is 23.2. The van der Waals surface area contributed by atoms with Crippen LogP contribution in [-0.2, 0) is 14.3 Å². The Morgan fingerprint density at radius 2 is 2.00 bits per heavy atom. The molecule has 2 unspecified atom stereocenters. The third-order valence-corrected chi connectivity index (χ3v) is 2.98. The number of esters is 1. The minimum atomic E-state index is -0.974.